The fraction of sp³-hybridized carbons (Fsp3) is 0.519. The maximum atomic E-state index is 12.2. The van der Waals surface area contributed by atoms with Crippen LogP contribution in [0.4, 0.5) is 11.5 Å². The zero-order chi connectivity index (χ0) is 27.0. The van der Waals surface area contributed by atoms with Crippen LogP contribution in [0.25, 0.3) is 11.0 Å². The molecule has 0 radical (unpaired) electrons. The first-order valence-electron chi connectivity index (χ1n) is 12.2. The van der Waals surface area contributed by atoms with Gasteiger partial charge in [0.15, 0.2) is 18.1 Å². The monoisotopic (exact) mass is 530 g/mol. The van der Waals surface area contributed by atoms with Gasteiger partial charge in [0, 0.05) is 24.9 Å². The third-order valence-electron chi connectivity index (χ3n) is 5.46. The number of anilines is 2. The number of nitrogens with zero attached hydrogens (tertiary/aromatic N) is 3. The number of benzene rings is 1. The molecule has 0 aliphatic carbocycles. The van der Waals surface area contributed by atoms with Gasteiger partial charge in [0.25, 0.3) is 0 Å². The number of hydrogen-bond acceptors (Lipinski definition) is 10. The first kappa shape index (κ1) is 30.7. The molecule has 0 aliphatic heterocycles. The molecule has 1 aromatic carbocycles. The SMILES string of the molecule is C.CNCCCN(C)Cc1c[nH]c2ncnc(Nc3cc(OCC(=O)OC(C)(C)C)c(OC)cc3OC)c12. The van der Waals surface area contributed by atoms with Crippen molar-refractivity contribution in [3.63, 3.8) is 0 Å². The second kappa shape index (κ2) is 13.8. The predicted octanol–water partition coefficient (Wildman–Crippen LogP) is 4.12. The number of hydrogen-bond donors (Lipinski definition) is 3. The molecule has 0 saturated carbocycles. The Kier molecular flexibility index (Phi) is 11.2. The Labute approximate surface area is 225 Å². The Balaban J connectivity index is 0.00000507. The maximum absolute atomic E-state index is 12.2. The highest BCUT2D eigenvalue weighted by molar-refractivity contribution is 5.92. The van der Waals surface area contributed by atoms with Crippen LogP contribution in [0, 0.1) is 0 Å². The normalized spacial score (nSPS) is 11.3. The van der Waals surface area contributed by atoms with Crippen molar-refractivity contribution in [2.24, 2.45) is 0 Å². The molecule has 210 valence electrons. The molecule has 11 nitrogen and oxygen atoms in total. The van der Waals surface area contributed by atoms with E-state index in [9.17, 15) is 4.79 Å². The number of esters is 1. The summed E-state index contributed by atoms with van der Waals surface area (Å²) in [5.41, 5.74) is 1.78. The van der Waals surface area contributed by atoms with Crippen molar-refractivity contribution >= 4 is 28.5 Å². The van der Waals surface area contributed by atoms with Crippen LogP contribution in [0.15, 0.2) is 24.7 Å². The molecular weight excluding hydrogens is 488 g/mol. The Morgan fingerprint density at radius 3 is 2.50 bits per heavy atom. The van der Waals surface area contributed by atoms with E-state index in [2.05, 4.69) is 37.5 Å². The third-order valence-corrected chi connectivity index (χ3v) is 5.46. The van der Waals surface area contributed by atoms with E-state index < -0.39 is 11.6 Å². The number of methoxy groups -OCH3 is 2. The summed E-state index contributed by atoms with van der Waals surface area (Å²) in [5, 5.41) is 7.42. The van der Waals surface area contributed by atoms with Gasteiger partial charge in [-0.1, -0.05) is 7.43 Å². The van der Waals surface area contributed by atoms with Gasteiger partial charge in [0.2, 0.25) is 0 Å². The number of ether oxygens (including phenoxy) is 4. The molecule has 3 aromatic rings. The number of fused-ring (bicyclic) bond motifs is 1. The quantitative estimate of drug-likeness (QED) is 0.220. The van der Waals surface area contributed by atoms with Gasteiger partial charge in [0.05, 0.1) is 25.3 Å². The molecule has 0 bridgehead atoms. The van der Waals surface area contributed by atoms with Crippen LogP contribution in [0.5, 0.6) is 17.2 Å². The minimum absolute atomic E-state index is 0. The Bertz CT molecular complexity index is 1190. The van der Waals surface area contributed by atoms with Crippen molar-refractivity contribution in [3.8, 4) is 17.2 Å². The zero-order valence-corrected chi connectivity index (χ0v) is 22.7. The van der Waals surface area contributed by atoms with Crippen molar-refractivity contribution in [2.75, 3.05) is 53.3 Å². The van der Waals surface area contributed by atoms with E-state index in [4.69, 9.17) is 18.9 Å². The fourth-order valence-electron chi connectivity index (χ4n) is 3.86. The molecule has 0 spiro atoms. The third kappa shape index (κ3) is 8.22. The number of aromatic nitrogens is 3. The van der Waals surface area contributed by atoms with E-state index >= 15 is 0 Å². The van der Waals surface area contributed by atoms with Gasteiger partial charge in [-0.25, -0.2) is 14.8 Å². The van der Waals surface area contributed by atoms with Crippen molar-refractivity contribution in [1.82, 2.24) is 25.2 Å². The van der Waals surface area contributed by atoms with Crippen molar-refractivity contribution < 1.29 is 23.7 Å². The molecule has 0 fully saturated rings. The van der Waals surface area contributed by atoms with Gasteiger partial charge >= 0.3 is 5.97 Å². The standard InChI is InChI=1S/C26H38N6O5.CH4/c1-26(2,3)37-22(33)15-36-21-11-18(19(34-6)12-20(21)35-7)31-25-23-17(13-28-24(23)29-16-30-25)14-32(5)10-8-9-27-4;/h11-13,16,27H,8-10,14-15H2,1-7H3,(H2,28,29,30,31);1H4. The lowest BCUT2D eigenvalue weighted by Gasteiger charge is -2.20. The summed E-state index contributed by atoms with van der Waals surface area (Å²) >= 11 is 0. The van der Waals surface area contributed by atoms with Crippen LogP contribution in [0.1, 0.15) is 40.2 Å². The van der Waals surface area contributed by atoms with Gasteiger partial charge in [0.1, 0.15) is 29.1 Å². The summed E-state index contributed by atoms with van der Waals surface area (Å²) in [6, 6.07) is 3.41. The molecule has 2 heterocycles. The molecule has 0 unspecified atom stereocenters. The largest absolute Gasteiger partial charge is 0.494 e. The van der Waals surface area contributed by atoms with Gasteiger partial charge in [-0.15, -0.1) is 0 Å². The topological polar surface area (TPSA) is 123 Å². The average molecular weight is 531 g/mol. The van der Waals surface area contributed by atoms with E-state index in [1.807, 2.05) is 13.2 Å². The molecule has 3 N–H and O–H groups in total. The zero-order valence-electron chi connectivity index (χ0n) is 22.7. The molecule has 2 aromatic heterocycles. The van der Waals surface area contributed by atoms with Crippen LogP contribution in [-0.2, 0) is 16.1 Å². The minimum atomic E-state index is -0.606. The lowest BCUT2D eigenvalue weighted by Crippen LogP contribution is -2.27. The predicted molar refractivity (Wildman–Crippen MR) is 150 cm³/mol. The van der Waals surface area contributed by atoms with E-state index in [1.54, 1.807) is 40.0 Å². The van der Waals surface area contributed by atoms with E-state index in [0.29, 0.717) is 28.8 Å². The Morgan fingerprint density at radius 2 is 1.84 bits per heavy atom. The summed E-state index contributed by atoms with van der Waals surface area (Å²) in [6.07, 6.45) is 4.50. The molecule has 38 heavy (non-hydrogen) atoms. The fourth-order valence-corrected chi connectivity index (χ4v) is 3.86. The summed E-state index contributed by atoms with van der Waals surface area (Å²) in [4.78, 5) is 26.6. The van der Waals surface area contributed by atoms with Crippen LogP contribution < -0.4 is 24.8 Å². The molecule has 3 rings (SSSR count). The Hall–Kier alpha value is -3.57. The number of nitrogens with one attached hydrogen (secondary N) is 3. The summed E-state index contributed by atoms with van der Waals surface area (Å²) in [6.45, 7) is 7.80. The molecule has 0 aliphatic rings. The number of rotatable bonds is 13. The first-order chi connectivity index (χ1) is 17.6. The second-order valence-electron chi connectivity index (χ2n) is 9.66. The molecule has 11 heteroatoms. The minimum Gasteiger partial charge on any atom is -0.494 e. The lowest BCUT2D eigenvalue weighted by atomic mass is 10.2. The molecular formula is C27H42N6O5. The van der Waals surface area contributed by atoms with Gasteiger partial charge < -0.3 is 39.5 Å². The molecule has 0 atom stereocenters. The summed E-state index contributed by atoms with van der Waals surface area (Å²) < 4.78 is 22.2. The van der Waals surface area contributed by atoms with Crippen LogP contribution in [0.2, 0.25) is 0 Å². The van der Waals surface area contributed by atoms with Crippen LogP contribution >= 0.6 is 0 Å². The Morgan fingerprint density at radius 1 is 1.11 bits per heavy atom. The first-order valence-corrected chi connectivity index (χ1v) is 12.2. The summed E-state index contributed by atoms with van der Waals surface area (Å²) in [5.74, 6) is 1.44. The molecule has 0 saturated heterocycles. The van der Waals surface area contributed by atoms with E-state index in [0.717, 1.165) is 42.7 Å². The van der Waals surface area contributed by atoms with Gasteiger partial charge in [-0.05, 0) is 59.9 Å². The highest BCUT2D eigenvalue weighted by Gasteiger charge is 2.20. The number of carbonyl (C=O) groups excluding carboxylic acids is 1. The van der Waals surface area contributed by atoms with Crippen LogP contribution in [0.3, 0.4) is 0 Å². The number of H-pyrrole nitrogens is 1. The van der Waals surface area contributed by atoms with Crippen molar-refractivity contribution in [1.29, 1.82) is 0 Å². The average Bonchev–Trinajstić information content (AvgIpc) is 3.25. The summed E-state index contributed by atoms with van der Waals surface area (Å²) in [7, 11) is 7.14. The smallest absolute Gasteiger partial charge is 0.344 e. The van der Waals surface area contributed by atoms with Crippen LogP contribution in [-0.4, -0.2) is 79.4 Å². The van der Waals surface area contributed by atoms with E-state index in [-0.39, 0.29) is 14.0 Å². The highest BCUT2D eigenvalue weighted by atomic mass is 16.6. The van der Waals surface area contributed by atoms with Gasteiger partial charge in [-0.3, -0.25) is 0 Å². The number of carbonyl (C=O) groups is 1. The van der Waals surface area contributed by atoms with Crippen molar-refractivity contribution in [2.45, 2.75) is 46.8 Å². The highest BCUT2D eigenvalue weighted by Crippen LogP contribution is 2.40. The molecule has 0 amide bonds. The van der Waals surface area contributed by atoms with Crippen molar-refractivity contribution in [3.05, 3.63) is 30.2 Å². The van der Waals surface area contributed by atoms with E-state index in [1.165, 1.54) is 13.4 Å². The second-order valence-corrected chi connectivity index (χ2v) is 9.66. The maximum Gasteiger partial charge on any atom is 0.344 e. The lowest BCUT2D eigenvalue weighted by molar-refractivity contribution is -0.157. The number of aromatic amines is 1. The van der Waals surface area contributed by atoms with Gasteiger partial charge in [-0.2, -0.15) is 0 Å².